The third-order valence-electron chi connectivity index (χ3n) is 5.79. The average molecular weight is 399 g/mol. The summed E-state index contributed by atoms with van der Waals surface area (Å²) in [5.41, 5.74) is 0.568. The van der Waals surface area contributed by atoms with Gasteiger partial charge in [-0.05, 0) is 44.7 Å². The molecule has 2 fully saturated rings. The molecule has 0 aliphatic carbocycles. The quantitative estimate of drug-likeness (QED) is 0.837. The number of aromatic nitrogens is 1. The number of hydrogen-bond acceptors (Lipinski definition) is 6. The molecule has 4 heterocycles. The number of nitrogens with zero attached hydrogens (tertiary/aromatic N) is 2. The van der Waals surface area contributed by atoms with Crippen molar-refractivity contribution >= 4 is 32.7 Å². The van der Waals surface area contributed by atoms with Gasteiger partial charge < -0.3 is 5.11 Å². The maximum absolute atomic E-state index is 13.3. The van der Waals surface area contributed by atoms with Crippen molar-refractivity contribution in [2.75, 3.05) is 6.61 Å². The van der Waals surface area contributed by atoms with Crippen LogP contribution in [0.2, 0.25) is 0 Å². The van der Waals surface area contributed by atoms with Crippen molar-refractivity contribution in [3.05, 3.63) is 22.5 Å². The summed E-state index contributed by atoms with van der Waals surface area (Å²) in [6.45, 7) is 4.06. The smallest absolute Gasteiger partial charge is 0.253 e. The number of fused-ring (bicyclic) bond motifs is 2. The van der Waals surface area contributed by atoms with E-state index in [4.69, 9.17) is 0 Å². The lowest BCUT2D eigenvalue weighted by Gasteiger charge is -2.34. The van der Waals surface area contributed by atoms with Gasteiger partial charge in [0.25, 0.3) is 10.0 Å². The van der Waals surface area contributed by atoms with Crippen molar-refractivity contribution in [1.82, 2.24) is 9.29 Å². The highest BCUT2D eigenvalue weighted by Crippen LogP contribution is 2.53. The Kier molecular flexibility index (Phi) is 4.31. The third-order valence-corrected chi connectivity index (χ3v) is 10.1. The molecule has 0 aromatic carbocycles. The van der Waals surface area contributed by atoms with Gasteiger partial charge >= 0.3 is 0 Å². The second-order valence-electron chi connectivity index (χ2n) is 7.03. The normalized spacial score (nSPS) is 29.6. The van der Waals surface area contributed by atoms with Gasteiger partial charge in [0.05, 0.1) is 22.2 Å². The molecule has 2 aromatic rings. The molecule has 25 heavy (non-hydrogen) atoms. The van der Waals surface area contributed by atoms with Gasteiger partial charge in [-0.1, -0.05) is 6.92 Å². The Bertz CT molecular complexity index is 883. The van der Waals surface area contributed by atoms with Crippen LogP contribution in [0.4, 0.5) is 0 Å². The molecule has 5 nitrogen and oxygen atoms in total. The molecule has 0 spiro atoms. The van der Waals surface area contributed by atoms with Gasteiger partial charge in [0, 0.05) is 22.9 Å². The third kappa shape index (κ3) is 2.61. The summed E-state index contributed by atoms with van der Waals surface area (Å²) in [4.78, 5) is 5.34. The highest BCUT2D eigenvalue weighted by atomic mass is 32.2. The topological polar surface area (TPSA) is 70.5 Å². The minimum atomic E-state index is -3.53. The molecular formula is C17H22N2O3S3. The molecule has 2 bridgehead atoms. The minimum absolute atomic E-state index is 0.0224. The molecule has 136 valence electrons. The molecule has 0 radical (unpaired) electrons. The highest BCUT2D eigenvalue weighted by molar-refractivity contribution is 7.91. The van der Waals surface area contributed by atoms with Crippen LogP contribution in [-0.4, -0.2) is 41.5 Å². The van der Waals surface area contributed by atoms with E-state index in [1.807, 2.05) is 18.4 Å². The van der Waals surface area contributed by atoms with E-state index < -0.39 is 10.0 Å². The number of aryl methyl sites for hydroxylation is 1. The van der Waals surface area contributed by atoms with Crippen molar-refractivity contribution in [1.29, 1.82) is 0 Å². The van der Waals surface area contributed by atoms with Gasteiger partial charge in [0.15, 0.2) is 0 Å². The van der Waals surface area contributed by atoms with Crippen molar-refractivity contribution in [2.24, 2.45) is 5.41 Å². The Labute approximate surface area is 156 Å². The number of hydrogen-bond donors (Lipinski definition) is 1. The molecule has 3 atom stereocenters. The lowest BCUT2D eigenvalue weighted by molar-refractivity contribution is 0.0849. The van der Waals surface area contributed by atoms with Crippen molar-refractivity contribution in [3.63, 3.8) is 0 Å². The predicted octanol–water partition coefficient (Wildman–Crippen LogP) is 3.49. The van der Waals surface area contributed by atoms with Gasteiger partial charge in [0.2, 0.25) is 0 Å². The molecule has 2 aliphatic rings. The molecule has 2 saturated heterocycles. The average Bonchev–Trinajstić information content (AvgIpc) is 3.36. The highest BCUT2D eigenvalue weighted by Gasteiger charge is 2.58. The fourth-order valence-corrected chi connectivity index (χ4v) is 8.45. The van der Waals surface area contributed by atoms with Crippen molar-refractivity contribution in [2.45, 2.75) is 55.8 Å². The first-order valence-electron chi connectivity index (χ1n) is 8.58. The van der Waals surface area contributed by atoms with Gasteiger partial charge in [-0.15, -0.1) is 22.7 Å². The van der Waals surface area contributed by atoms with Crippen LogP contribution < -0.4 is 0 Å². The zero-order chi connectivity index (χ0) is 17.8. The molecule has 2 aliphatic heterocycles. The summed E-state index contributed by atoms with van der Waals surface area (Å²) >= 11 is 2.86. The first-order chi connectivity index (χ1) is 11.9. The molecule has 0 unspecified atom stereocenters. The maximum Gasteiger partial charge on any atom is 0.253 e. The molecule has 2 aromatic heterocycles. The largest absolute Gasteiger partial charge is 0.396 e. The fourth-order valence-electron chi connectivity index (χ4n) is 4.44. The van der Waals surface area contributed by atoms with Crippen LogP contribution in [0, 0.1) is 12.3 Å². The van der Waals surface area contributed by atoms with Crippen LogP contribution in [0.5, 0.6) is 0 Å². The second kappa shape index (κ2) is 6.13. The first-order valence-corrected chi connectivity index (χ1v) is 11.7. The summed E-state index contributed by atoms with van der Waals surface area (Å²) in [7, 11) is -3.53. The van der Waals surface area contributed by atoms with Gasteiger partial charge in [0.1, 0.15) is 4.21 Å². The summed E-state index contributed by atoms with van der Waals surface area (Å²) in [5.74, 6) is 0. The molecular weight excluding hydrogens is 376 g/mol. The molecule has 8 heteroatoms. The van der Waals surface area contributed by atoms with Crippen LogP contribution in [0.1, 0.15) is 37.6 Å². The van der Waals surface area contributed by atoms with Gasteiger partial charge in [-0.25, -0.2) is 13.4 Å². The number of aliphatic hydroxyl groups is 1. The number of thiophene rings is 1. The lowest BCUT2D eigenvalue weighted by Crippen LogP contribution is -2.42. The summed E-state index contributed by atoms with van der Waals surface area (Å²) in [6, 6.07) is 3.50. The van der Waals surface area contributed by atoms with E-state index in [0.717, 1.165) is 41.3 Å². The number of aliphatic hydroxyl groups excluding tert-OH is 1. The van der Waals surface area contributed by atoms with E-state index in [1.165, 1.54) is 11.3 Å². The van der Waals surface area contributed by atoms with E-state index in [0.29, 0.717) is 4.21 Å². The molecule has 0 saturated carbocycles. The number of rotatable bonds is 5. The predicted molar refractivity (Wildman–Crippen MR) is 100 cm³/mol. The van der Waals surface area contributed by atoms with Crippen LogP contribution in [0.15, 0.2) is 21.7 Å². The molecule has 0 amide bonds. The summed E-state index contributed by atoms with van der Waals surface area (Å²) in [6.07, 6.45) is 3.33. The van der Waals surface area contributed by atoms with Crippen LogP contribution >= 0.6 is 22.7 Å². The Morgan fingerprint density at radius 2 is 2.20 bits per heavy atom. The molecule has 4 rings (SSSR count). The Morgan fingerprint density at radius 1 is 1.40 bits per heavy atom. The fraction of sp³-hybridized carbons (Fsp3) is 0.588. The van der Waals surface area contributed by atoms with Crippen molar-refractivity contribution < 1.29 is 13.5 Å². The SMILES string of the molecule is CC[C@@]1(CO)C[C@@H]2CC[C@H]1N2S(=O)(=O)c1ccc(-c2csc(C)n2)s1. The monoisotopic (exact) mass is 398 g/mol. The van der Waals surface area contributed by atoms with E-state index in [9.17, 15) is 13.5 Å². The standard InChI is InChI=1S/C17H22N2O3S3/c1-3-17(10-20)8-12-4-6-15(17)19(12)25(21,22)16-7-5-14(24-16)13-9-23-11(2)18-13/h5,7,9,12,15,20H,3-4,6,8,10H2,1-2H3/t12-,15+,17-/m0/s1. The van der Waals surface area contributed by atoms with Gasteiger partial charge in [-0.2, -0.15) is 4.31 Å². The maximum atomic E-state index is 13.3. The van der Waals surface area contributed by atoms with E-state index in [2.05, 4.69) is 11.9 Å². The molecule has 1 N–H and O–H groups in total. The number of sulfonamides is 1. The van der Waals surface area contributed by atoms with E-state index in [-0.39, 0.29) is 24.1 Å². The second-order valence-corrected chi connectivity index (χ2v) is 11.2. The van der Waals surface area contributed by atoms with Gasteiger partial charge in [-0.3, -0.25) is 0 Å². The Morgan fingerprint density at radius 3 is 2.80 bits per heavy atom. The van der Waals surface area contributed by atoms with Crippen LogP contribution in [-0.2, 0) is 10.0 Å². The van der Waals surface area contributed by atoms with E-state index in [1.54, 1.807) is 21.7 Å². The van der Waals surface area contributed by atoms with Crippen LogP contribution in [0.3, 0.4) is 0 Å². The zero-order valence-corrected chi connectivity index (χ0v) is 16.8. The van der Waals surface area contributed by atoms with Crippen LogP contribution in [0.25, 0.3) is 10.6 Å². The summed E-state index contributed by atoms with van der Waals surface area (Å²) in [5, 5.41) is 12.9. The zero-order valence-electron chi connectivity index (χ0n) is 14.3. The summed E-state index contributed by atoms with van der Waals surface area (Å²) < 4.78 is 28.7. The van der Waals surface area contributed by atoms with Crippen molar-refractivity contribution in [3.8, 4) is 10.6 Å². The Balaban J connectivity index is 1.68. The lowest BCUT2D eigenvalue weighted by atomic mass is 9.72. The first kappa shape index (κ1) is 17.6. The number of thiazole rings is 1. The Hall–Kier alpha value is -0.800. The van der Waals surface area contributed by atoms with E-state index >= 15 is 0 Å². The minimum Gasteiger partial charge on any atom is -0.396 e.